The number of carbonyl (C=O) groups excluding carboxylic acids is 2. The van der Waals surface area contributed by atoms with Gasteiger partial charge in [-0.2, -0.15) is 0 Å². The van der Waals surface area contributed by atoms with Crippen LogP contribution in [0.3, 0.4) is 0 Å². The van der Waals surface area contributed by atoms with Crippen LogP contribution < -0.4 is 0 Å². The van der Waals surface area contributed by atoms with Crippen molar-refractivity contribution in [2.45, 2.75) is 26.3 Å². The lowest BCUT2D eigenvalue weighted by Gasteiger charge is -2.03. The van der Waals surface area contributed by atoms with Crippen LogP contribution in [0.25, 0.3) is 4.85 Å². The van der Waals surface area contributed by atoms with Gasteiger partial charge in [-0.3, -0.25) is 4.79 Å². The zero-order valence-corrected chi connectivity index (χ0v) is 10.1. The van der Waals surface area contributed by atoms with Crippen LogP contribution in [-0.2, 0) is 19.1 Å². The van der Waals surface area contributed by atoms with Crippen molar-refractivity contribution in [2.24, 2.45) is 0 Å². The summed E-state index contributed by atoms with van der Waals surface area (Å²) in [6.45, 7) is 5.48. The SMILES string of the molecule is COC(=O)[C-]=C(C#[N+]C(C)(C)C)C(=O)OC. The average molecular weight is 225 g/mol. The normalized spacial score (nSPS) is 11.2. The van der Waals surface area contributed by atoms with Gasteiger partial charge in [0.15, 0.2) is 6.07 Å². The molecule has 16 heavy (non-hydrogen) atoms. The molecule has 0 N–H and O–H groups in total. The van der Waals surface area contributed by atoms with E-state index in [-0.39, 0.29) is 5.57 Å². The maximum absolute atomic E-state index is 11.2. The molecule has 0 amide bonds. The number of esters is 2. The Balaban J connectivity index is 5.10. The molecule has 0 heterocycles. The van der Waals surface area contributed by atoms with E-state index < -0.39 is 17.5 Å². The first kappa shape index (κ1) is 14.2. The number of nitrogens with zero attached hydrogens (tertiary/aromatic N) is 1. The summed E-state index contributed by atoms with van der Waals surface area (Å²) >= 11 is 0. The fraction of sp³-hybridized carbons (Fsp3) is 0.545. The molecule has 0 saturated carbocycles. The van der Waals surface area contributed by atoms with Crippen LogP contribution in [-0.4, -0.2) is 31.7 Å². The largest absolute Gasteiger partial charge is 0.522 e. The second-order valence-electron chi connectivity index (χ2n) is 3.88. The minimum absolute atomic E-state index is 0.190. The minimum atomic E-state index is -0.781. The smallest absolute Gasteiger partial charge is 0.271 e. The number of methoxy groups -OCH3 is 2. The molecule has 5 heteroatoms. The molecule has 0 radical (unpaired) electrons. The predicted octanol–water partition coefficient (Wildman–Crippen LogP) is 1.19. The van der Waals surface area contributed by atoms with Gasteiger partial charge in [0.2, 0.25) is 5.97 Å². The molecule has 0 aliphatic carbocycles. The van der Waals surface area contributed by atoms with Crippen LogP contribution in [0.5, 0.6) is 0 Å². The standard InChI is InChI=1S/C11H15NO4/c1-11(2,3)12-7-8(10(14)16-5)6-9(13)15-4/h1-5H3. The van der Waals surface area contributed by atoms with Gasteiger partial charge in [-0.05, 0) is 0 Å². The second kappa shape index (κ2) is 5.91. The van der Waals surface area contributed by atoms with Crippen molar-refractivity contribution in [3.8, 4) is 6.07 Å². The van der Waals surface area contributed by atoms with Crippen molar-refractivity contribution < 1.29 is 19.1 Å². The Bertz CT molecular complexity index is 366. The van der Waals surface area contributed by atoms with Crippen molar-refractivity contribution in [1.82, 2.24) is 0 Å². The zero-order valence-electron chi connectivity index (χ0n) is 10.1. The van der Waals surface area contributed by atoms with Gasteiger partial charge in [0.05, 0.1) is 14.2 Å². The van der Waals surface area contributed by atoms with Gasteiger partial charge in [-0.15, -0.1) is 4.85 Å². The molecule has 88 valence electrons. The quantitative estimate of drug-likeness (QED) is 0.306. The Hall–Kier alpha value is -1.83. The third-order valence-electron chi connectivity index (χ3n) is 1.31. The van der Waals surface area contributed by atoms with Crippen LogP contribution in [0.1, 0.15) is 20.8 Å². The summed E-state index contributed by atoms with van der Waals surface area (Å²) in [7, 11) is 2.38. The summed E-state index contributed by atoms with van der Waals surface area (Å²) in [4.78, 5) is 26.1. The predicted molar refractivity (Wildman–Crippen MR) is 57.8 cm³/mol. The van der Waals surface area contributed by atoms with Crippen LogP contribution in [0.2, 0.25) is 0 Å². The first-order valence-corrected chi connectivity index (χ1v) is 4.58. The molecule has 0 aromatic carbocycles. The molecule has 0 saturated heterocycles. The van der Waals surface area contributed by atoms with Gasteiger partial charge in [0, 0.05) is 26.3 Å². The second-order valence-corrected chi connectivity index (χ2v) is 3.88. The maximum atomic E-state index is 11.2. The summed E-state index contributed by atoms with van der Waals surface area (Å²) in [6.07, 6.45) is 2.17. The van der Waals surface area contributed by atoms with E-state index in [1.165, 1.54) is 14.2 Å². The molecule has 0 unspecified atom stereocenters. The summed E-state index contributed by atoms with van der Waals surface area (Å²) in [5.41, 5.74) is -0.596. The topological polar surface area (TPSA) is 57.0 Å². The lowest BCUT2D eigenvalue weighted by Crippen LogP contribution is -2.09. The summed E-state index contributed by atoms with van der Waals surface area (Å²) in [6, 6.07) is 2.43. The molecular formula is C11H15NO4. The molecule has 0 aromatic heterocycles. The van der Waals surface area contributed by atoms with Gasteiger partial charge in [-0.1, -0.05) is 6.08 Å². The van der Waals surface area contributed by atoms with E-state index in [4.69, 9.17) is 0 Å². The monoisotopic (exact) mass is 225 g/mol. The third kappa shape index (κ3) is 5.81. The molecule has 0 bridgehead atoms. The van der Waals surface area contributed by atoms with Crippen LogP contribution in [0.4, 0.5) is 0 Å². The number of hydrogen-bond acceptors (Lipinski definition) is 4. The first-order chi connectivity index (χ1) is 7.30. The number of ether oxygens (including phenoxy) is 2. The Morgan fingerprint density at radius 3 is 2.12 bits per heavy atom. The molecule has 5 nitrogen and oxygen atoms in total. The summed E-state index contributed by atoms with van der Waals surface area (Å²) in [5.74, 6) is -1.52. The lowest BCUT2D eigenvalue weighted by molar-refractivity contribution is -0.138. The van der Waals surface area contributed by atoms with E-state index in [0.29, 0.717) is 0 Å². The van der Waals surface area contributed by atoms with Gasteiger partial charge in [-0.25, -0.2) is 0 Å². The fourth-order valence-electron chi connectivity index (χ4n) is 0.603. The highest BCUT2D eigenvalue weighted by molar-refractivity contribution is 5.97. The molecule has 0 aliphatic rings. The van der Waals surface area contributed by atoms with Crippen molar-refractivity contribution >= 4 is 11.9 Å². The van der Waals surface area contributed by atoms with Crippen LogP contribution in [0, 0.1) is 12.1 Å². The van der Waals surface area contributed by atoms with Crippen molar-refractivity contribution in [3.05, 3.63) is 16.5 Å². The Morgan fingerprint density at radius 1 is 1.19 bits per heavy atom. The molecule has 0 aromatic rings. The molecular weight excluding hydrogens is 210 g/mol. The number of carbonyl (C=O) groups is 2. The number of rotatable bonds is 2. The molecule has 0 spiro atoms. The molecule has 0 rings (SSSR count). The van der Waals surface area contributed by atoms with E-state index in [1.54, 1.807) is 0 Å². The Kier molecular flexibility index (Phi) is 5.23. The highest BCUT2D eigenvalue weighted by Gasteiger charge is 2.17. The third-order valence-corrected chi connectivity index (χ3v) is 1.31. The van der Waals surface area contributed by atoms with Gasteiger partial charge >= 0.3 is 0 Å². The lowest BCUT2D eigenvalue weighted by atomic mass is 10.1. The maximum Gasteiger partial charge on any atom is 0.271 e. The molecule has 0 aliphatic heterocycles. The van der Waals surface area contributed by atoms with Gasteiger partial charge < -0.3 is 14.3 Å². The highest BCUT2D eigenvalue weighted by atomic mass is 16.5. The van der Waals surface area contributed by atoms with Crippen molar-refractivity contribution in [3.63, 3.8) is 0 Å². The Morgan fingerprint density at radius 2 is 1.75 bits per heavy atom. The van der Waals surface area contributed by atoms with E-state index in [1.807, 2.05) is 20.8 Å². The van der Waals surface area contributed by atoms with Crippen LogP contribution in [0.15, 0.2) is 5.57 Å². The van der Waals surface area contributed by atoms with E-state index in [0.717, 1.165) is 0 Å². The summed E-state index contributed by atoms with van der Waals surface area (Å²) in [5, 5.41) is 0. The molecule has 0 fully saturated rings. The Labute approximate surface area is 94.9 Å². The first-order valence-electron chi connectivity index (χ1n) is 4.58. The fourth-order valence-corrected chi connectivity index (χ4v) is 0.603. The molecule has 0 atom stereocenters. The van der Waals surface area contributed by atoms with Gasteiger partial charge in [0.1, 0.15) is 0 Å². The van der Waals surface area contributed by atoms with E-state index in [9.17, 15) is 9.59 Å². The van der Waals surface area contributed by atoms with E-state index in [2.05, 4.69) is 26.5 Å². The van der Waals surface area contributed by atoms with Gasteiger partial charge in [0.25, 0.3) is 11.5 Å². The minimum Gasteiger partial charge on any atom is -0.522 e. The van der Waals surface area contributed by atoms with Crippen LogP contribution >= 0.6 is 0 Å². The van der Waals surface area contributed by atoms with E-state index >= 15 is 0 Å². The average Bonchev–Trinajstić information content (AvgIpc) is 2.21. The summed E-state index contributed by atoms with van der Waals surface area (Å²) < 4.78 is 8.80. The van der Waals surface area contributed by atoms with Crippen molar-refractivity contribution in [1.29, 1.82) is 0 Å². The highest BCUT2D eigenvalue weighted by Crippen LogP contribution is 2.07. The zero-order chi connectivity index (χ0) is 12.8. The number of hydrogen-bond donors (Lipinski definition) is 0. The van der Waals surface area contributed by atoms with Crippen molar-refractivity contribution in [2.75, 3.05) is 14.2 Å².